The van der Waals surface area contributed by atoms with Crippen LogP contribution in [0.1, 0.15) is 90.4 Å². The number of nitrogens with zero attached hydrogens (tertiary/aromatic N) is 3. The first-order valence-electron chi connectivity index (χ1n) is 21.4. The van der Waals surface area contributed by atoms with E-state index >= 15 is 0 Å². The number of carbonyl (C=O) groups excluding carboxylic acids is 9. The first kappa shape index (κ1) is 52.4. The SMILES string of the molecule is CC(=O)N[C@@H](CCCCN)C(=O)N1CCC[C@H]1C(=O)N[C@@H](CO)C(=O)N[C@@H](CO)C(=O)N1CCC[C@H]1C(=O)N1CCC[C@H]1C(=O)N[C@@H](CCC(=O)O)C(=O)N[C@@H](CCC(=O)O)C(N)=O. The van der Waals surface area contributed by atoms with E-state index in [9.17, 15) is 68.1 Å². The summed E-state index contributed by atoms with van der Waals surface area (Å²) in [7, 11) is 0. The van der Waals surface area contributed by atoms with Crippen LogP contribution in [0.3, 0.4) is 0 Å². The maximum Gasteiger partial charge on any atom is 0.303 e. The van der Waals surface area contributed by atoms with Crippen LogP contribution in [0.4, 0.5) is 0 Å². The number of carboxylic acid groups (broad SMARTS) is 2. The van der Waals surface area contributed by atoms with Gasteiger partial charge in [0.1, 0.15) is 48.3 Å². The van der Waals surface area contributed by atoms with Crippen LogP contribution < -0.4 is 38.1 Å². The van der Waals surface area contributed by atoms with Gasteiger partial charge in [-0.3, -0.25) is 52.7 Å². The molecule has 0 bridgehead atoms. The molecule has 3 rings (SSSR count). The van der Waals surface area contributed by atoms with Gasteiger partial charge in [0.25, 0.3) is 0 Å². The predicted octanol–water partition coefficient (Wildman–Crippen LogP) is -5.27. The fourth-order valence-electron chi connectivity index (χ4n) is 8.03. The maximum absolute atomic E-state index is 14.0. The summed E-state index contributed by atoms with van der Waals surface area (Å²) in [5.74, 6) is -9.79. The van der Waals surface area contributed by atoms with Crippen LogP contribution in [-0.4, -0.2) is 188 Å². The molecule has 3 heterocycles. The number of hydrogen-bond acceptors (Lipinski definition) is 14. The molecule has 13 N–H and O–H groups in total. The summed E-state index contributed by atoms with van der Waals surface area (Å²) in [4.78, 5) is 145. The second kappa shape index (κ2) is 25.4. The highest BCUT2D eigenvalue weighted by molar-refractivity contribution is 5.98. The first-order chi connectivity index (χ1) is 30.3. The van der Waals surface area contributed by atoms with Crippen molar-refractivity contribution < 1.29 is 73.2 Å². The van der Waals surface area contributed by atoms with Gasteiger partial charge in [-0.25, -0.2) is 0 Å². The van der Waals surface area contributed by atoms with Gasteiger partial charge in [-0.05, 0) is 77.2 Å². The number of unbranched alkanes of at least 4 members (excludes halogenated alkanes) is 1. The van der Waals surface area contributed by atoms with Crippen LogP contribution in [0.5, 0.6) is 0 Å². The fourth-order valence-corrected chi connectivity index (χ4v) is 8.03. The fraction of sp³-hybridized carbons (Fsp3) is 0.718. The number of carbonyl (C=O) groups is 11. The van der Waals surface area contributed by atoms with Gasteiger partial charge in [0.2, 0.25) is 53.2 Å². The lowest BCUT2D eigenvalue weighted by atomic mass is 10.1. The van der Waals surface area contributed by atoms with Gasteiger partial charge in [-0.2, -0.15) is 0 Å². The Hall–Kier alpha value is -5.95. The lowest BCUT2D eigenvalue weighted by molar-refractivity contribution is -0.148. The zero-order valence-corrected chi connectivity index (χ0v) is 35.8. The zero-order valence-electron chi connectivity index (χ0n) is 35.8. The second-order valence-electron chi connectivity index (χ2n) is 16.0. The van der Waals surface area contributed by atoms with E-state index in [0.717, 1.165) is 4.90 Å². The highest BCUT2D eigenvalue weighted by atomic mass is 16.4. The molecule has 0 aromatic heterocycles. The number of rotatable bonds is 25. The molecular weight excluding hydrogens is 848 g/mol. The predicted molar refractivity (Wildman–Crippen MR) is 220 cm³/mol. The normalized spacial score (nSPS) is 20.6. The summed E-state index contributed by atoms with van der Waals surface area (Å²) in [6.07, 6.45) is 1.07. The molecule has 3 saturated heterocycles. The number of aliphatic hydroxyl groups is 2. The summed E-state index contributed by atoms with van der Waals surface area (Å²) < 4.78 is 0. The summed E-state index contributed by atoms with van der Waals surface area (Å²) in [6, 6.07) is -10.5. The standard InChI is InChI=1S/C39H62N10O15/c1-21(52)42-24(7-2-3-15-40)37(62)47-16-4-8-27(47)36(61)45-25(19-50)34(59)46-26(20-51)38(63)49-18-6-10-29(49)39(64)48-17-5-9-28(48)35(60)44-23(12-14-31(55)56)33(58)43-22(32(41)57)11-13-30(53)54/h22-29,50-51H,2-20,40H2,1H3,(H2,41,57)(H,42,52)(H,43,58)(H,44,60)(H,45,61)(H,46,59)(H,53,54)(H,55,56)/t22-,23-,24-,25-,26-,27-,28-,29-/m0/s1. The number of primary amides is 1. The van der Waals surface area contributed by atoms with Crippen molar-refractivity contribution in [1.82, 2.24) is 41.3 Å². The van der Waals surface area contributed by atoms with Crippen molar-refractivity contribution in [3.8, 4) is 0 Å². The summed E-state index contributed by atoms with van der Waals surface area (Å²) in [5, 5.41) is 50.6. The Labute approximate surface area is 368 Å². The number of nitrogens with two attached hydrogens (primary N) is 2. The van der Waals surface area contributed by atoms with E-state index in [2.05, 4.69) is 26.6 Å². The van der Waals surface area contributed by atoms with Gasteiger partial charge >= 0.3 is 11.9 Å². The van der Waals surface area contributed by atoms with Gasteiger partial charge in [0, 0.05) is 39.4 Å². The number of carboxylic acids is 2. The molecule has 3 aliphatic rings. The molecule has 0 aromatic carbocycles. The molecule has 0 unspecified atom stereocenters. The molecule has 8 atom stereocenters. The van der Waals surface area contributed by atoms with E-state index in [-0.39, 0.29) is 51.7 Å². The Balaban J connectivity index is 1.68. The molecule has 0 aromatic rings. The lowest BCUT2D eigenvalue weighted by Crippen LogP contribution is -2.61. The van der Waals surface area contributed by atoms with E-state index in [0.29, 0.717) is 38.6 Å². The van der Waals surface area contributed by atoms with Crippen LogP contribution in [0.2, 0.25) is 0 Å². The summed E-state index contributed by atoms with van der Waals surface area (Å²) in [5.41, 5.74) is 10.9. The van der Waals surface area contributed by atoms with E-state index in [4.69, 9.17) is 16.6 Å². The van der Waals surface area contributed by atoms with Gasteiger partial charge in [0.05, 0.1) is 13.2 Å². The highest BCUT2D eigenvalue weighted by Crippen LogP contribution is 2.26. The third-order valence-corrected chi connectivity index (χ3v) is 11.3. The molecule has 0 saturated carbocycles. The van der Waals surface area contributed by atoms with E-state index in [1.165, 1.54) is 16.7 Å². The minimum Gasteiger partial charge on any atom is -0.481 e. The van der Waals surface area contributed by atoms with Crippen LogP contribution in [0, 0.1) is 0 Å². The molecule has 25 heteroatoms. The van der Waals surface area contributed by atoms with Gasteiger partial charge in [0.15, 0.2) is 0 Å². The average Bonchev–Trinajstić information content (AvgIpc) is 4.05. The largest absolute Gasteiger partial charge is 0.481 e. The Kier molecular flexibility index (Phi) is 20.8. The molecular formula is C39H62N10O15. The second-order valence-corrected chi connectivity index (χ2v) is 16.0. The van der Waals surface area contributed by atoms with Gasteiger partial charge < -0.3 is 73.2 Å². The molecule has 9 amide bonds. The number of aliphatic hydroxyl groups excluding tert-OH is 2. The first-order valence-corrected chi connectivity index (χ1v) is 21.4. The number of aliphatic carboxylic acids is 2. The quantitative estimate of drug-likeness (QED) is 0.0381. The Morgan fingerprint density at radius 2 is 1.02 bits per heavy atom. The molecule has 3 fully saturated rings. The van der Waals surface area contributed by atoms with Gasteiger partial charge in [-0.15, -0.1) is 0 Å². The number of likely N-dealkylation sites (tertiary alicyclic amines) is 3. The average molecular weight is 911 g/mol. The molecule has 64 heavy (non-hydrogen) atoms. The van der Waals surface area contributed by atoms with Crippen molar-refractivity contribution >= 4 is 65.1 Å². The molecule has 3 aliphatic heterocycles. The van der Waals surface area contributed by atoms with Crippen molar-refractivity contribution in [2.24, 2.45) is 11.5 Å². The van der Waals surface area contributed by atoms with Crippen LogP contribution >= 0.6 is 0 Å². The molecule has 0 aliphatic carbocycles. The summed E-state index contributed by atoms with van der Waals surface area (Å²) in [6.45, 7) is 0.0339. The third-order valence-electron chi connectivity index (χ3n) is 11.3. The van der Waals surface area contributed by atoms with E-state index < -0.39 is 146 Å². The van der Waals surface area contributed by atoms with Crippen molar-refractivity contribution in [3.05, 3.63) is 0 Å². The Morgan fingerprint density at radius 3 is 1.53 bits per heavy atom. The highest BCUT2D eigenvalue weighted by Gasteiger charge is 2.45. The Bertz CT molecular complexity index is 1750. The van der Waals surface area contributed by atoms with E-state index in [1.807, 2.05) is 0 Å². The van der Waals surface area contributed by atoms with Crippen LogP contribution in [-0.2, 0) is 52.7 Å². The maximum atomic E-state index is 14.0. The van der Waals surface area contributed by atoms with Gasteiger partial charge in [-0.1, -0.05) is 0 Å². The monoisotopic (exact) mass is 910 g/mol. The molecule has 25 nitrogen and oxygen atoms in total. The summed E-state index contributed by atoms with van der Waals surface area (Å²) >= 11 is 0. The van der Waals surface area contributed by atoms with Crippen LogP contribution in [0.15, 0.2) is 0 Å². The molecule has 0 radical (unpaired) electrons. The van der Waals surface area contributed by atoms with Crippen molar-refractivity contribution in [3.63, 3.8) is 0 Å². The molecule has 0 spiro atoms. The minimum absolute atomic E-state index is 0.0179. The minimum atomic E-state index is -1.64. The zero-order chi connectivity index (χ0) is 47.7. The number of amides is 9. The number of hydrogen-bond donors (Lipinski definition) is 11. The Morgan fingerprint density at radius 1 is 0.562 bits per heavy atom. The van der Waals surface area contributed by atoms with E-state index in [1.54, 1.807) is 0 Å². The van der Waals surface area contributed by atoms with Crippen molar-refractivity contribution in [1.29, 1.82) is 0 Å². The topological polar surface area (TPSA) is 391 Å². The number of nitrogens with one attached hydrogen (secondary N) is 5. The smallest absolute Gasteiger partial charge is 0.303 e. The lowest BCUT2D eigenvalue weighted by Gasteiger charge is -2.33. The van der Waals surface area contributed by atoms with Crippen molar-refractivity contribution in [2.75, 3.05) is 39.4 Å². The van der Waals surface area contributed by atoms with Crippen molar-refractivity contribution in [2.45, 2.75) is 139 Å². The van der Waals surface area contributed by atoms with Crippen LogP contribution in [0.25, 0.3) is 0 Å². The molecule has 358 valence electrons. The third kappa shape index (κ3) is 14.8.